The van der Waals surface area contributed by atoms with Crippen LogP contribution in [0.2, 0.25) is 0 Å². The molecule has 0 spiro atoms. The first-order chi connectivity index (χ1) is 16.6. The zero-order chi connectivity index (χ0) is 23.1. The molecule has 4 aliphatic heterocycles. The fourth-order valence-electron chi connectivity index (χ4n) is 5.53. The van der Waals surface area contributed by atoms with Crippen molar-refractivity contribution < 1.29 is 23.5 Å². The molecule has 1 unspecified atom stereocenters. The highest BCUT2D eigenvalue weighted by Crippen LogP contribution is 2.45. The van der Waals surface area contributed by atoms with Crippen molar-refractivity contribution in [1.29, 1.82) is 0 Å². The number of esters is 1. The largest absolute Gasteiger partial charge is 0.457 e. The second-order valence-corrected chi connectivity index (χ2v) is 9.24. The molecule has 3 aromatic rings. The Morgan fingerprint density at radius 1 is 0.941 bits per heavy atom. The fraction of sp³-hybridized carbons (Fsp3) is 0.308. The van der Waals surface area contributed by atoms with Crippen molar-refractivity contribution in [3.8, 4) is 11.5 Å². The standard InChI is InChI=1S/C26H24N4O4/c31-25(24-18-6-1-3-8-20(18)33-21-9-4-2-7-19(21)24)34-22-16-30(14-11-17(22)12-15-30)26(32)28-23-10-5-13-27-29-23/h1-10,13,17,22,24H,11-12,14-16H2/p+1. The molecule has 1 N–H and O–H groups in total. The van der Waals surface area contributed by atoms with Crippen LogP contribution in [-0.2, 0) is 9.53 Å². The lowest BCUT2D eigenvalue weighted by Crippen LogP contribution is -2.68. The van der Waals surface area contributed by atoms with Crippen LogP contribution in [0.5, 0.6) is 11.5 Å². The van der Waals surface area contributed by atoms with Gasteiger partial charge < -0.3 is 9.47 Å². The summed E-state index contributed by atoms with van der Waals surface area (Å²) in [6.07, 6.45) is 2.93. The van der Waals surface area contributed by atoms with Crippen LogP contribution in [0.25, 0.3) is 0 Å². The highest BCUT2D eigenvalue weighted by Gasteiger charge is 2.52. The van der Waals surface area contributed by atoms with E-state index in [1.54, 1.807) is 18.3 Å². The minimum Gasteiger partial charge on any atom is -0.457 e. The Kier molecular flexibility index (Phi) is 5.03. The molecule has 1 aromatic heterocycles. The summed E-state index contributed by atoms with van der Waals surface area (Å²) in [6.45, 7) is 1.93. The number of benzene rings is 2. The highest BCUT2D eigenvalue weighted by atomic mass is 16.5. The number of rotatable bonds is 3. The van der Waals surface area contributed by atoms with Gasteiger partial charge in [-0.05, 0) is 24.3 Å². The van der Waals surface area contributed by atoms with Gasteiger partial charge in [0.05, 0.1) is 13.1 Å². The number of ether oxygens (including phenoxy) is 2. The number of hydrogen-bond donors (Lipinski definition) is 1. The molecular formula is C26H25N4O4+. The maximum Gasteiger partial charge on any atom is 0.422 e. The van der Waals surface area contributed by atoms with Crippen LogP contribution in [0.15, 0.2) is 66.9 Å². The molecular weight excluding hydrogens is 432 g/mol. The molecule has 2 amide bonds. The number of carbonyl (C=O) groups excluding carboxylic acids is 2. The second kappa shape index (κ2) is 8.22. The molecule has 1 atom stereocenters. The summed E-state index contributed by atoms with van der Waals surface area (Å²) in [5, 5.41) is 10.7. The van der Waals surface area contributed by atoms with Gasteiger partial charge in [0.25, 0.3) is 0 Å². The second-order valence-electron chi connectivity index (χ2n) is 9.24. The monoisotopic (exact) mass is 457 g/mol. The van der Waals surface area contributed by atoms with Crippen molar-refractivity contribution in [3.63, 3.8) is 0 Å². The SMILES string of the molecule is O=C(OC1C[N+]2(C(=O)Nc3cccnn3)CCC1CC2)C1c2ccccc2Oc2ccccc21. The highest BCUT2D eigenvalue weighted by molar-refractivity contribution is 5.86. The smallest absolute Gasteiger partial charge is 0.422 e. The molecule has 0 radical (unpaired) electrons. The van der Waals surface area contributed by atoms with Crippen molar-refractivity contribution >= 4 is 17.8 Å². The summed E-state index contributed by atoms with van der Waals surface area (Å²) < 4.78 is 12.5. The third-order valence-corrected chi connectivity index (χ3v) is 7.33. The molecule has 7 rings (SSSR count). The summed E-state index contributed by atoms with van der Waals surface area (Å²) in [6, 6.07) is 18.5. The number of quaternary nitrogens is 1. The molecule has 2 bridgehead atoms. The number of fused-ring (bicyclic) bond motifs is 5. The van der Waals surface area contributed by atoms with E-state index in [4.69, 9.17) is 9.47 Å². The van der Waals surface area contributed by atoms with Gasteiger partial charge in [0.2, 0.25) is 0 Å². The number of carbonyl (C=O) groups is 2. The Hall–Kier alpha value is -3.78. The zero-order valence-corrected chi connectivity index (χ0v) is 18.6. The quantitative estimate of drug-likeness (QED) is 0.471. The van der Waals surface area contributed by atoms with Crippen molar-refractivity contribution in [3.05, 3.63) is 78.0 Å². The lowest BCUT2D eigenvalue weighted by Gasteiger charge is -2.49. The summed E-state index contributed by atoms with van der Waals surface area (Å²) in [4.78, 5) is 26.9. The predicted octanol–water partition coefficient (Wildman–Crippen LogP) is 4.10. The lowest BCUT2D eigenvalue weighted by atomic mass is 9.83. The van der Waals surface area contributed by atoms with Crippen molar-refractivity contribution in [1.82, 2.24) is 10.2 Å². The first-order valence-electron chi connectivity index (χ1n) is 11.6. The minimum atomic E-state index is -0.557. The number of anilines is 1. The topological polar surface area (TPSA) is 90.4 Å². The van der Waals surface area contributed by atoms with E-state index in [0.29, 0.717) is 23.9 Å². The summed E-state index contributed by atoms with van der Waals surface area (Å²) in [5.74, 6) is 1.18. The number of urea groups is 1. The Morgan fingerprint density at radius 3 is 2.26 bits per heavy atom. The van der Waals surface area contributed by atoms with Crippen LogP contribution in [0.3, 0.4) is 0 Å². The number of piperidine rings is 3. The molecule has 172 valence electrons. The van der Waals surface area contributed by atoms with Crippen molar-refractivity contribution in [2.24, 2.45) is 5.92 Å². The molecule has 8 nitrogen and oxygen atoms in total. The Bertz CT molecular complexity index is 1190. The maximum absolute atomic E-state index is 13.6. The Morgan fingerprint density at radius 2 is 1.62 bits per heavy atom. The number of para-hydroxylation sites is 2. The first-order valence-corrected chi connectivity index (χ1v) is 11.6. The van der Waals surface area contributed by atoms with E-state index < -0.39 is 5.92 Å². The van der Waals surface area contributed by atoms with E-state index in [-0.39, 0.29) is 28.5 Å². The molecule has 8 heteroatoms. The Labute approximate surface area is 197 Å². The molecule has 0 aliphatic carbocycles. The van der Waals surface area contributed by atoms with Gasteiger partial charge in [0.15, 0.2) is 11.9 Å². The summed E-state index contributed by atoms with van der Waals surface area (Å²) in [5.41, 5.74) is 1.61. The van der Waals surface area contributed by atoms with Crippen LogP contribution in [0.4, 0.5) is 10.6 Å². The predicted molar refractivity (Wildman–Crippen MR) is 123 cm³/mol. The normalized spacial score (nSPS) is 24.9. The van der Waals surface area contributed by atoms with Gasteiger partial charge in [-0.15, -0.1) is 5.10 Å². The van der Waals surface area contributed by atoms with Crippen LogP contribution >= 0.6 is 0 Å². The van der Waals surface area contributed by atoms with E-state index >= 15 is 0 Å². The van der Waals surface area contributed by atoms with Gasteiger partial charge >= 0.3 is 12.0 Å². The minimum absolute atomic E-state index is 0.124. The summed E-state index contributed by atoms with van der Waals surface area (Å²) in [7, 11) is 0. The van der Waals surface area contributed by atoms with E-state index in [1.807, 2.05) is 48.5 Å². The van der Waals surface area contributed by atoms with Gasteiger partial charge in [0.1, 0.15) is 24.0 Å². The number of amides is 2. The number of hydrogen-bond acceptors (Lipinski definition) is 6. The average molecular weight is 458 g/mol. The number of nitrogens with zero attached hydrogens (tertiary/aromatic N) is 3. The third-order valence-electron chi connectivity index (χ3n) is 7.33. The van der Waals surface area contributed by atoms with Crippen LogP contribution in [-0.4, -0.2) is 52.4 Å². The molecule has 3 saturated heterocycles. The lowest BCUT2D eigenvalue weighted by molar-refractivity contribution is -0.869. The molecule has 34 heavy (non-hydrogen) atoms. The van der Waals surface area contributed by atoms with Gasteiger partial charge in [-0.2, -0.15) is 5.10 Å². The number of aromatic nitrogens is 2. The maximum atomic E-state index is 13.6. The van der Waals surface area contributed by atoms with Gasteiger partial charge in [-0.25, -0.2) is 9.28 Å². The van der Waals surface area contributed by atoms with Crippen LogP contribution in [0, 0.1) is 5.92 Å². The third kappa shape index (κ3) is 3.51. The average Bonchev–Trinajstić information content (AvgIpc) is 2.88. The van der Waals surface area contributed by atoms with Gasteiger partial charge in [0, 0.05) is 36.1 Å². The molecule has 2 aromatic carbocycles. The van der Waals surface area contributed by atoms with Crippen LogP contribution in [0.1, 0.15) is 29.9 Å². The van der Waals surface area contributed by atoms with E-state index in [0.717, 1.165) is 37.1 Å². The van der Waals surface area contributed by atoms with E-state index in [2.05, 4.69) is 15.5 Å². The van der Waals surface area contributed by atoms with E-state index in [1.165, 1.54) is 0 Å². The molecule has 0 saturated carbocycles. The van der Waals surface area contributed by atoms with Crippen LogP contribution < -0.4 is 10.1 Å². The molecule has 4 aliphatic rings. The fourth-order valence-corrected chi connectivity index (χ4v) is 5.53. The van der Waals surface area contributed by atoms with Crippen molar-refractivity contribution in [2.45, 2.75) is 24.9 Å². The zero-order valence-electron chi connectivity index (χ0n) is 18.6. The first kappa shape index (κ1) is 20.8. The van der Waals surface area contributed by atoms with E-state index in [9.17, 15) is 9.59 Å². The van der Waals surface area contributed by atoms with Crippen molar-refractivity contribution in [2.75, 3.05) is 25.0 Å². The molecule has 3 fully saturated rings. The van der Waals surface area contributed by atoms with Gasteiger partial charge in [-0.1, -0.05) is 36.4 Å². The van der Waals surface area contributed by atoms with Gasteiger partial charge in [-0.3, -0.25) is 10.1 Å². The molecule has 5 heterocycles. The summed E-state index contributed by atoms with van der Waals surface area (Å²) >= 11 is 0. The number of nitrogens with one attached hydrogen (secondary N) is 1. The Balaban J connectivity index is 1.24.